The average Bonchev–Trinajstić information content (AvgIpc) is 2.79. The van der Waals surface area contributed by atoms with Gasteiger partial charge in [0.2, 0.25) is 0 Å². The molecule has 106 valence electrons. The molecule has 1 nitrogen and oxygen atoms in total. The predicted molar refractivity (Wildman–Crippen MR) is 79.8 cm³/mol. The van der Waals surface area contributed by atoms with E-state index in [9.17, 15) is 0 Å². The van der Waals surface area contributed by atoms with Crippen LogP contribution in [0.1, 0.15) is 78.6 Å². The molecule has 0 spiro atoms. The van der Waals surface area contributed by atoms with E-state index in [0.717, 1.165) is 17.9 Å². The standard InChI is InChI=1S/C17H33N/c1-4-12-18-16-10-11-17(3,13-16)15-8-6-14(5-2)7-9-15/h14-16,18H,4-13H2,1-3H3. The summed E-state index contributed by atoms with van der Waals surface area (Å²) < 4.78 is 0. The molecular formula is C17H33N. The molecule has 2 unspecified atom stereocenters. The van der Waals surface area contributed by atoms with Gasteiger partial charge in [-0.25, -0.2) is 0 Å². The lowest BCUT2D eigenvalue weighted by Gasteiger charge is -2.39. The first-order valence-electron chi connectivity index (χ1n) is 8.41. The van der Waals surface area contributed by atoms with Crippen molar-refractivity contribution in [1.82, 2.24) is 5.32 Å². The molecule has 0 aromatic heterocycles. The highest BCUT2D eigenvalue weighted by Gasteiger charge is 2.41. The summed E-state index contributed by atoms with van der Waals surface area (Å²) in [5, 5.41) is 3.75. The number of hydrogen-bond acceptors (Lipinski definition) is 1. The Bertz CT molecular complexity index is 242. The van der Waals surface area contributed by atoms with Crippen LogP contribution in [0.25, 0.3) is 0 Å². The van der Waals surface area contributed by atoms with Crippen LogP contribution < -0.4 is 5.32 Å². The Morgan fingerprint density at radius 1 is 1.06 bits per heavy atom. The summed E-state index contributed by atoms with van der Waals surface area (Å²) in [6.45, 7) is 8.43. The van der Waals surface area contributed by atoms with Gasteiger partial charge in [0, 0.05) is 6.04 Å². The molecule has 0 aromatic carbocycles. The summed E-state index contributed by atoms with van der Waals surface area (Å²) in [6, 6.07) is 0.818. The van der Waals surface area contributed by atoms with Gasteiger partial charge in [-0.3, -0.25) is 0 Å². The van der Waals surface area contributed by atoms with Crippen LogP contribution in [0.5, 0.6) is 0 Å². The summed E-state index contributed by atoms with van der Waals surface area (Å²) >= 11 is 0. The van der Waals surface area contributed by atoms with Crippen LogP contribution >= 0.6 is 0 Å². The third kappa shape index (κ3) is 3.29. The van der Waals surface area contributed by atoms with Crippen molar-refractivity contribution in [2.75, 3.05) is 6.54 Å². The normalized spacial score (nSPS) is 41.2. The van der Waals surface area contributed by atoms with Crippen LogP contribution in [0, 0.1) is 17.3 Å². The molecule has 0 aliphatic heterocycles. The molecule has 2 aliphatic carbocycles. The number of rotatable bonds is 5. The molecule has 0 amide bonds. The Morgan fingerprint density at radius 2 is 1.78 bits per heavy atom. The van der Waals surface area contributed by atoms with E-state index < -0.39 is 0 Å². The Balaban J connectivity index is 1.81. The Morgan fingerprint density at radius 3 is 2.39 bits per heavy atom. The number of hydrogen-bond donors (Lipinski definition) is 1. The fraction of sp³-hybridized carbons (Fsp3) is 1.00. The Hall–Kier alpha value is -0.0400. The molecule has 1 N–H and O–H groups in total. The maximum Gasteiger partial charge on any atom is 0.00725 e. The van der Waals surface area contributed by atoms with E-state index in [0.29, 0.717) is 5.41 Å². The minimum Gasteiger partial charge on any atom is -0.314 e. The maximum absolute atomic E-state index is 3.75. The molecule has 1 heteroatoms. The third-order valence-corrected chi connectivity index (χ3v) is 5.87. The summed E-state index contributed by atoms with van der Waals surface area (Å²) in [5.74, 6) is 2.06. The van der Waals surface area contributed by atoms with E-state index in [4.69, 9.17) is 0 Å². The monoisotopic (exact) mass is 251 g/mol. The topological polar surface area (TPSA) is 12.0 Å². The smallest absolute Gasteiger partial charge is 0.00725 e. The molecular weight excluding hydrogens is 218 g/mol. The van der Waals surface area contributed by atoms with Crippen molar-refractivity contribution >= 4 is 0 Å². The molecule has 2 aliphatic rings. The van der Waals surface area contributed by atoms with Crippen LogP contribution in [0.4, 0.5) is 0 Å². The van der Waals surface area contributed by atoms with Gasteiger partial charge in [-0.1, -0.05) is 40.0 Å². The first kappa shape index (κ1) is 14.4. The SMILES string of the molecule is CCCNC1CCC(C)(C2CCC(CC)CC2)C1. The molecule has 2 atom stereocenters. The van der Waals surface area contributed by atoms with Gasteiger partial charge >= 0.3 is 0 Å². The van der Waals surface area contributed by atoms with Crippen LogP contribution in [0.15, 0.2) is 0 Å². The fourth-order valence-electron chi connectivity index (χ4n) is 4.43. The van der Waals surface area contributed by atoms with Crippen molar-refractivity contribution in [3.05, 3.63) is 0 Å². The van der Waals surface area contributed by atoms with Crippen molar-refractivity contribution in [2.24, 2.45) is 17.3 Å². The quantitative estimate of drug-likeness (QED) is 0.743. The maximum atomic E-state index is 3.75. The zero-order valence-electron chi connectivity index (χ0n) is 12.8. The van der Waals surface area contributed by atoms with Crippen molar-refractivity contribution in [1.29, 1.82) is 0 Å². The van der Waals surface area contributed by atoms with E-state index in [2.05, 4.69) is 26.1 Å². The van der Waals surface area contributed by atoms with Gasteiger partial charge in [0.05, 0.1) is 0 Å². The predicted octanol–water partition coefficient (Wildman–Crippen LogP) is 4.76. The van der Waals surface area contributed by atoms with E-state index in [1.807, 2.05) is 0 Å². The average molecular weight is 251 g/mol. The highest BCUT2D eigenvalue weighted by molar-refractivity contribution is 4.95. The van der Waals surface area contributed by atoms with Crippen molar-refractivity contribution < 1.29 is 0 Å². The van der Waals surface area contributed by atoms with E-state index in [1.165, 1.54) is 64.3 Å². The van der Waals surface area contributed by atoms with Gasteiger partial charge in [-0.15, -0.1) is 0 Å². The van der Waals surface area contributed by atoms with Gasteiger partial charge < -0.3 is 5.32 Å². The van der Waals surface area contributed by atoms with Crippen LogP contribution in [-0.2, 0) is 0 Å². The Labute approximate surface area is 114 Å². The van der Waals surface area contributed by atoms with Crippen molar-refractivity contribution in [3.63, 3.8) is 0 Å². The zero-order chi connectivity index (χ0) is 13.0. The second-order valence-electron chi connectivity index (χ2n) is 7.17. The summed E-state index contributed by atoms with van der Waals surface area (Å²) in [5.41, 5.74) is 0.657. The van der Waals surface area contributed by atoms with Gasteiger partial charge in [0.25, 0.3) is 0 Å². The zero-order valence-corrected chi connectivity index (χ0v) is 12.8. The second-order valence-corrected chi connectivity index (χ2v) is 7.17. The third-order valence-electron chi connectivity index (χ3n) is 5.87. The van der Waals surface area contributed by atoms with Gasteiger partial charge in [0.1, 0.15) is 0 Å². The van der Waals surface area contributed by atoms with E-state index in [1.54, 1.807) is 0 Å². The molecule has 0 aromatic rings. The lowest BCUT2D eigenvalue weighted by atomic mass is 9.66. The van der Waals surface area contributed by atoms with E-state index in [-0.39, 0.29) is 0 Å². The van der Waals surface area contributed by atoms with E-state index >= 15 is 0 Å². The summed E-state index contributed by atoms with van der Waals surface area (Å²) in [7, 11) is 0. The summed E-state index contributed by atoms with van der Waals surface area (Å²) in [6.07, 6.45) is 13.0. The molecule has 0 saturated heterocycles. The lowest BCUT2D eigenvalue weighted by molar-refractivity contribution is 0.117. The molecule has 18 heavy (non-hydrogen) atoms. The number of nitrogens with one attached hydrogen (secondary N) is 1. The molecule has 0 radical (unpaired) electrons. The molecule has 0 heterocycles. The van der Waals surface area contributed by atoms with Crippen molar-refractivity contribution in [2.45, 2.75) is 84.6 Å². The minimum absolute atomic E-state index is 0.657. The highest BCUT2D eigenvalue weighted by Crippen LogP contribution is 2.50. The van der Waals surface area contributed by atoms with Crippen LogP contribution in [0.3, 0.4) is 0 Å². The second kappa shape index (κ2) is 6.41. The fourth-order valence-corrected chi connectivity index (χ4v) is 4.43. The molecule has 0 bridgehead atoms. The highest BCUT2D eigenvalue weighted by atomic mass is 14.9. The summed E-state index contributed by atoms with van der Waals surface area (Å²) in [4.78, 5) is 0. The molecule has 2 fully saturated rings. The van der Waals surface area contributed by atoms with Gasteiger partial charge in [0.15, 0.2) is 0 Å². The van der Waals surface area contributed by atoms with Gasteiger partial charge in [-0.2, -0.15) is 0 Å². The van der Waals surface area contributed by atoms with Crippen LogP contribution in [-0.4, -0.2) is 12.6 Å². The minimum atomic E-state index is 0.657. The Kier molecular flexibility index (Phi) is 5.12. The largest absolute Gasteiger partial charge is 0.314 e. The van der Waals surface area contributed by atoms with Crippen LogP contribution in [0.2, 0.25) is 0 Å². The first-order valence-corrected chi connectivity index (χ1v) is 8.41. The first-order chi connectivity index (χ1) is 8.68. The molecule has 2 rings (SSSR count). The lowest BCUT2D eigenvalue weighted by Crippen LogP contribution is -2.32. The van der Waals surface area contributed by atoms with Crippen molar-refractivity contribution in [3.8, 4) is 0 Å². The van der Waals surface area contributed by atoms with Gasteiger partial charge in [-0.05, 0) is 62.3 Å². The molecule has 2 saturated carbocycles.